The number of hydrogen-bond acceptors (Lipinski definition) is 3. The highest BCUT2D eigenvalue weighted by molar-refractivity contribution is 7.89. The molecule has 30 heavy (non-hydrogen) atoms. The fourth-order valence-electron chi connectivity index (χ4n) is 3.13. The topological polar surface area (TPSA) is 75.3 Å². The molecule has 0 radical (unpaired) electrons. The van der Waals surface area contributed by atoms with Crippen LogP contribution in [0.2, 0.25) is 0 Å². The first kappa shape index (κ1) is 21.7. The third-order valence-corrected chi connectivity index (χ3v) is 6.29. The Morgan fingerprint density at radius 2 is 1.47 bits per heavy atom. The molecular formula is C24H26N2O3S. The van der Waals surface area contributed by atoms with Crippen LogP contribution < -0.4 is 10.0 Å². The average Bonchev–Trinajstić information content (AvgIpc) is 2.75. The molecule has 3 aromatic rings. The second-order valence-corrected chi connectivity index (χ2v) is 8.90. The van der Waals surface area contributed by atoms with Crippen LogP contribution in [0.4, 0.5) is 0 Å². The average molecular weight is 423 g/mol. The van der Waals surface area contributed by atoms with E-state index in [4.69, 9.17) is 0 Å². The van der Waals surface area contributed by atoms with Crippen LogP contribution >= 0.6 is 0 Å². The van der Waals surface area contributed by atoms with Crippen LogP contribution in [0.1, 0.15) is 29.2 Å². The van der Waals surface area contributed by atoms with Gasteiger partial charge in [0.25, 0.3) is 0 Å². The molecule has 0 heterocycles. The number of hydrogen-bond donors (Lipinski definition) is 2. The standard InChI is InChI=1S/C24H26N2O3S/c1-19-12-14-22(15-13-19)30(28,29)26-23(21-10-6-3-7-11-21)18-24(27)25-17-16-20-8-4-2-5-9-20/h2-15,23,26H,16-18H2,1H3,(H,25,27)/t23-/m0/s1. The van der Waals surface area contributed by atoms with Crippen molar-refractivity contribution in [3.05, 3.63) is 102 Å². The van der Waals surface area contributed by atoms with Gasteiger partial charge in [-0.05, 0) is 36.6 Å². The Kier molecular flexibility index (Phi) is 7.38. The van der Waals surface area contributed by atoms with Crippen molar-refractivity contribution in [3.8, 4) is 0 Å². The normalized spacial score (nSPS) is 12.3. The lowest BCUT2D eigenvalue weighted by Crippen LogP contribution is -2.34. The highest BCUT2D eigenvalue weighted by Gasteiger charge is 2.23. The maximum atomic E-state index is 12.9. The minimum absolute atomic E-state index is 0.0178. The molecule has 1 amide bonds. The van der Waals surface area contributed by atoms with E-state index in [2.05, 4.69) is 10.0 Å². The SMILES string of the molecule is Cc1ccc(S(=O)(=O)N[C@@H](CC(=O)NCCc2ccccc2)c2ccccc2)cc1. The quantitative estimate of drug-likeness (QED) is 0.551. The summed E-state index contributed by atoms with van der Waals surface area (Å²) in [7, 11) is -3.76. The highest BCUT2D eigenvalue weighted by atomic mass is 32.2. The van der Waals surface area contributed by atoms with Crippen LogP contribution in [0, 0.1) is 6.92 Å². The van der Waals surface area contributed by atoms with Gasteiger partial charge in [-0.25, -0.2) is 13.1 Å². The Hall–Kier alpha value is -2.96. The fraction of sp³-hybridized carbons (Fsp3) is 0.208. The molecular weight excluding hydrogens is 396 g/mol. The fourth-order valence-corrected chi connectivity index (χ4v) is 4.36. The van der Waals surface area contributed by atoms with E-state index < -0.39 is 16.1 Å². The number of amides is 1. The van der Waals surface area contributed by atoms with E-state index in [0.717, 1.165) is 23.1 Å². The lowest BCUT2D eigenvalue weighted by Gasteiger charge is -2.19. The van der Waals surface area contributed by atoms with Crippen LogP contribution in [0.3, 0.4) is 0 Å². The Labute approximate surface area is 178 Å². The molecule has 156 valence electrons. The van der Waals surface area contributed by atoms with Crippen LogP contribution in [-0.4, -0.2) is 20.9 Å². The maximum absolute atomic E-state index is 12.9. The largest absolute Gasteiger partial charge is 0.356 e. The molecule has 1 atom stereocenters. The van der Waals surface area contributed by atoms with Gasteiger partial charge in [0, 0.05) is 13.0 Å². The van der Waals surface area contributed by atoms with Crippen molar-refractivity contribution in [2.45, 2.75) is 30.7 Å². The van der Waals surface area contributed by atoms with E-state index >= 15 is 0 Å². The van der Waals surface area contributed by atoms with Crippen molar-refractivity contribution in [3.63, 3.8) is 0 Å². The van der Waals surface area contributed by atoms with E-state index in [-0.39, 0.29) is 17.2 Å². The second-order valence-electron chi connectivity index (χ2n) is 7.19. The maximum Gasteiger partial charge on any atom is 0.241 e. The van der Waals surface area contributed by atoms with Gasteiger partial charge in [-0.1, -0.05) is 78.4 Å². The number of nitrogens with one attached hydrogen (secondary N) is 2. The van der Waals surface area contributed by atoms with Crippen molar-refractivity contribution in [2.75, 3.05) is 6.54 Å². The summed E-state index contributed by atoms with van der Waals surface area (Å²) in [5.74, 6) is -0.202. The molecule has 0 aliphatic heterocycles. The zero-order valence-corrected chi connectivity index (χ0v) is 17.7. The summed E-state index contributed by atoms with van der Waals surface area (Å²) in [4.78, 5) is 12.7. The van der Waals surface area contributed by atoms with Crippen molar-refractivity contribution >= 4 is 15.9 Å². The summed E-state index contributed by atoms with van der Waals surface area (Å²) in [5.41, 5.74) is 2.86. The summed E-state index contributed by atoms with van der Waals surface area (Å²) in [6.45, 7) is 2.39. The second kappa shape index (κ2) is 10.2. The first-order valence-electron chi connectivity index (χ1n) is 9.88. The van der Waals surface area contributed by atoms with Crippen LogP contribution in [0.25, 0.3) is 0 Å². The molecule has 0 saturated heterocycles. The van der Waals surface area contributed by atoms with Crippen molar-refractivity contribution in [2.24, 2.45) is 0 Å². The minimum Gasteiger partial charge on any atom is -0.356 e. The predicted molar refractivity (Wildman–Crippen MR) is 118 cm³/mol. The number of sulfonamides is 1. The zero-order chi connectivity index (χ0) is 21.4. The molecule has 0 saturated carbocycles. The van der Waals surface area contributed by atoms with Crippen LogP contribution in [0.15, 0.2) is 89.8 Å². The number of carbonyl (C=O) groups excluding carboxylic acids is 1. The van der Waals surface area contributed by atoms with Crippen LogP contribution in [0.5, 0.6) is 0 Å². The minimum atomic E-state index is -3.76. The van der Waals surface area contributed by atoms with Crippen LogP contribution in [-0.2, 0) is 21.2 Å². The molecule has 0 bridgehead atoms. The smallest absolute Gasteiger partial charge is 0.241 e. The third-order valence-electron chi connectivity index (χ3n) is 4.80. The van der Waals surface area contributed by atoms with Gasteiger partial charge in [-0.15, -0.1) is 0 Å². The van der Waals surface area contributed by atoms with E-state index in [9.17, 15) is 13.2 Å². The molecule has 0 unspecified atom stereocenters. The van der Waals surface area contributed by atoms with Gasteiger partial charge in [0.05, 0.1) is 10.9 Å². The summed E-state index contributed by atoms with van der Waals surface area (Å²) in [6, 6.07) is 25.0. The first-order valence-corrected chi connectivity index (χ1v) is 11.4. The van der Waals surface area contributed by atoms with Gasteiger partial charge in [0.15, 0.2) is 0 Å². The number of rotatable bonds is 9. The number of carbonyl (C=O) groups is 1. The Bertz CT molecular complexity index is 1050. The van der Waals surface area contributed by atoms with Gasteiger partial charge in [-0.3, -0.25) is 4.79 Å². The van der Waals surface area contributed by atoms with Gasteiger partial charge in [0.2, 0.25) is 15.9 Å². The summed E-state index contributed by atoms with van der Waals surface area (Å²) < 4.78 is 28.4. The monoisotopic (exact) mass is 422 g/mol. The summed E-state index contributed by atoms with van der Waals surface area (Å²) in [6.07, 6.45) is 0.738. The van der Waals surface area contributed by atoms with Gasteiger partial charge in [-0.2, -0.15) is 0 Å². The van der Waals surface area contributed by atoms with Crippen molar-refractivity contribution in [1.82, 2.24) is 10.0 Å². The number of benzene rings is 3. The van der Waals surface area contributed by atoms with Gasteiger partial charge >= 0.3 is 0 Å². The lowest BCUT2D eigenvalue weighted by atomic mass is 10.0. The first-order chi connectivity index (χ1) is 14.4. The van der Waals surface area contributed by atoms with E-state index in [1.807, 2.05) is 67.6 Å². The third kappa shape index (κ3) is 6.27. The van der Waals surface area contributed by atoms with E-state index in [1.165, 1.54) is 0 Å². The molecule has 0 aliphatic carbocycles. The lowest BCUT2D eigenvalue weighted by molar-refractivity contribution is -0.121. The van der Waals surface area contributed by atoms with E-state index in [0.29, 0.717) is 6.54 Å². The van der Waals surface area contributed by atoms with Crippen molar-refractivity contribution < 1.29 is 13.2 Å². The zero-order valence-electron chi connectivity index (χ0n) is 16.9. The summed E-state index contributed by atoms with van der Waals surface area (Å²) >= 11 is 0. The molecule has 0 aliphatic rings. The Balaban J connectivity index is 1.68. The van der Waals surface area contributed by atoms with Crippen molar-refractivity contribution in [1.29, 1.82) is 0 Å². The van der Waals surface area contributed by atoms with Gasteiger partial charge < -0.3 is 5.32 Å². The Morgan fingerprint density at radius 3 is 2.10 bits per heavy atom. The summed E-state index contributed by atoms with van der Waals surface area (Å²) in [5, 5.41) is 2.89. The molecule has 5 nitrogen and oxygen atoms in total. The van der Waals surface area contributed by atoms with E-state index in [1.54, 1.807) is 24.3 Å². The number of aryl methyl sites for hydroxylation is 1. The molecule has 0 spiro atoms. The molecule has 6 heteroatoms. The molecule has 2 N–H and O–H groups in total. The molecule has 0 fully saturated rings. The molecule has 3 rings (SSSR count). The Morgan fingerprint density at radius 1 is 0.867 bits per heavy atom. The molecule has 3 aromatic carbocycles. The predicted octanol–water partition coefficient (Wildman–Crippen LogP) is 3.76. The molecule has 0 aromatic heterocycles. The van der Waals surface area contributed by atoms with Gasteiger partial charge in [0.1, 0.15) is 0 Å². The highest BCUT2D eigenvalue weighted by Crippen LogP contribution is 2.20.